The van der Waals surface area contributed by atoms with E-state index in [1.165, 1.54) is 19.3 Å². The molecule has 0 radical (unpaired) electrons. The van der Waals surface area contributed by atoms with Crippen molar-refractivity contribution in [2.45, 2.75) is 84.4 Å². The van der Waals surface area contributed by atoms with Gasteiger partial charge in [-0.2, -0.15) is 0 Å². The number of rotatable bonds is 11. The Morgan fingerprint density at radius 3 is 2.41 bits per heavy atom. The average molecular weight is 525 g/mol. The Labute approximate surface area is 196 Å². The van der Waals surface area contributed by atoms with Crippen molar-refractivity contribution in [2.75, 3.05) is 46.5 Å². The summed E-state index contributed by atoms with van der Waals surface area (Å²) < 4.78 is 11.3. The van der Waals surface area contributed by atoms with Crippen molar-refractivity contribution in [1.29, 1.82) is 0 Å². The van der Waals surface area contributed by atoms with E-state index in [1.54, 1.807) is 7.11 Å². The third-order valence-corrected chi connectivity index (χ3v) is 6.37. The SMILES string of the molecule is CCCCOC1CC(NC(=NCC)NC2CCN(CCCOC)CC2)C1(C)C.I. The zero-order chi connectivity index (χ0) is 20.4. The summed E-state index contributed by atoms with van der Waals surface area (Å²) in [6.45, 7) is 14.9. The highest BCUT2D eigenvalue weighted by atomic mass is 127. The minimum absolute atomic E-state index is 0. The number of hydrogen-bond acceptors (Lipinski definition) is 4. The van der Waals surface area contributed by atoms with Crippen molar-refractivity contribution in [3.05, 3.63) is 0 Å². The Balaban J connectivity index is 0.00000420. The summed E-state index contributed by atoms with van der Waals surface area (Å²) in [5, 5.41) is 7.39. The van der Waals surface area contributed by atoms with Crippen LogP contribution in [-0.4, -0.2) is 75.5 Å². The molecule has 2 aliphatic rings. The predicted molar refractivity (Wildman–Crippen MR) is 132 cm³/mol. The number of halogens is 1. The smallest absolute Gasteiger partial charge is 0.191 e. The van der Waals surface area contributed by atoms with E-state index in [2.05, 4.69) is 43.2 Å². The van der Waals surface area contributed by atoms with Crippen LogP contribution in [0.3, 0.4) is 0 Å². The van der Waals surface area contributed by atoms with Gasteiger partial charge in [-0.1, -0.05) is 27.2 Å². The van der Waals surface area contributed by atoms with Crippen LogP contribution in [0.4, 0.5) is 0 Å². The van der Waals surface area contributed by atoms with Gasteiger partial charge in [-0.3, -0.25) is 4.99 Å². The summed E-state index contributed by atoms with van der Waals surface area (Å²) in [6.07, 6.45) is 7.24. The number of unbranched alkanes of at least 4 members (excludes halogenated alkanes) is 1. The summed E-state index contributed by atoms with van der Waals surface area (Å²) in [5.41, 5.74) is 0.147. The van der Waals surface area contributed by atoms with Gasteiger partial charge in [0.25, 0.3) is 0 Å². The number of ether oxygens (including phenoxy) is 2. The zero-order valence-corrected chi connectivity index (χ0v) is 21.7. The third kappa shape index (κ3) is 8.50. The second-order valence-corrected chi connectivity index (χ2v) is 8.90. The molecule has 0 spiro atoms. The second kappa shape index (κ2) is 14.0. The van der Waals surface area contributed by atoms with E-state index < -0.39 is 0 Å². The van der Waals surface area contributed by atoms with E-state index in [0.29, 0.717) is 18.2 Å². The van der Waals surface area contributed by atoms with E-state index in [1.807, 2.05) is 0 Å². The Morgan fingerprint density at radius 2 is 1.83 bits per heavy atom. The molecular formula is C22H45IN4O2. The summed E-state index contributed by atoms with van der Waals surface area (Å²) in [5.74, 6) is 0.977. The van der Waals surface area contributed by atoms with E-state index >= 15 is 0 Å². The topological polar surface area (TPSA) is 58.1 Å². The van der Waals surface area contributed by atoms with Gasteiger partial charge in [0.15, 0.2) is 5.96 Å². The van der Waals surface area contributed by atoms with Crippen molar-refractivity contribution in [3.63, 3.8) is 0 Å². The van der Waals surface area contributed by atoms with Gasteiger partial charge in [0.1, 0.15) is 0 Å². The minimum atomic E-state index is 0. The first-order valence-corrected chi connectivity index (χ1v) is 11.4. The number of piperidine rings is 1. The zero-order valence-electron chi connectivity index (χ0n) is 19.3. The first kappa shape index (κ1) is 26.9. The number of hydrogen-bond donors (Lipinski definition) is 2. The van der Waals surface area contributed by atoms with Gasteiger partial charge in [0, 0.05) is 64.0 Å². The van der Waals surface area contributed by atoms with Crippen LogP contribution in [0.15, 0.2) is 4.99 Å². The molecule has 6 nitrogen and oxygen atoms in total. The fourth-order valence-electron chi connectivity index (χ4n) is 4.17. The van der Waals surface area contributed by atoms with Crippen LogP contribution in [0.1, 0.15) is 66.2 Å². The van der Waals surface area contributed by atoms with Gasteiger partial charge in [-0.25, -0.2) is 0 Å². The van der Waals surface area contributed by atoms with E-state index in [0.717, 1.165) is 64.6 Å². The van der Waals surface area contributed by atoms with Crippen molar-refractivity contribution >= 4 is 29.9 Å². The summed E-state index contributed by atoms with van der Waals surface area (Å²) >= 11 is 0. The van der Waals surface area contributed by atoms with Crippen LogP contribution in [-0.2, 0) is 9.47 Å². The molecular weight excluding hydrogens is 479 g/mol. The predicted octanol–water partition coefficient (Wildman–Crippen LogP) is 3.64. The van der Waals surface area contributed by atoms with Crippen LogP contribution in [0.5, 0.6) is 0 Å². The molecule has 0 aromatic rings. The second-order valence-electron chi connectivity index (χ2n) is 8.90. The molecule has 7 heteroatoms. The molecule has 2 unspecified atom stereocenters. The average Bonchev–Trinajstić information content (AvgIpc) is 2.68. The highest BCUT2D eigenvalue weighted by Crippen LogP contribution is 2.42. The van der Waals surface area contributed by atoms with Gasteiger partial charge < -0.3 is 25.0 Å². The molecule has 1 aliphatic carbocycles. The molecule has 0 aromatic carbocycles. The molecule has 1 heterocycles. The highest BCUT2D eigenvalue weighted by Gasteiger charge is 2.49. The van der Waals surface area contributed by atoms with Gasteiger partial charge in [-0.15, -0.1) is 24.0 Å². The molecule has 1 aliphatic heterocycles. The lowest BCUT2D eigenvalue weighted by molar-refractivity contribution is -0.113. The van der Waals surface area contributed by atoms with E-state index in [4.69, 9.17) is 14.5 Å². The highest BCUT2D eigenvalue weighted by molar-refractivity contribution is 14.0. The lowest BCUT2D eigenvalue weighted by Crippen LogP contribution is -2.64. The molecule has 2 rings (SSSR count). The number of nitrogens with one attached hydrogen (secondary N) is 2. The fourth-order valence-corrected chi connectivity index (χ4v) is 4.17. The molecule has 29 heavy (non-hydrogen) atoms. The Bertz CT molecular complexity index is 468. The lowest BCUT2D eigenvalue weighted by atomic mass is 9.64. The van der Waals surface area contributed by atoms with Crippen LogP contribution in [0.25, 0.3) is 0 Å². The number of likely N-dealkylation sites (tertiary alicyclic amines) is 1. The maximum Gasteiger partial charge on any atom is 0.191 e. The van der Waals surface area contributed by atoms with Crippen LogP contribution in [0.2, 0.25) is 0 Å². The fraction of sp³-hybridized carbons (Fsp3) is 0.955. The third-order valence-electron chi connectivity index (χ3n) is 6.37. The Kier molecular flexibility index (Phi) is 13.0. The first-order chi connectivity index (χ1) is 13.5. The molecule has 1 saturated carbocycles. The summed E-state index contributed by atoms with van der Waals surface area (Å²) in [4.78, 5) is 7.26. The number of nitrogens with zero attached hydrogens (tertiary/aromatic N) is 2. The summed E-state index contributed by atoms with van der Waals surface area (Å²) in [6, 6.07) is 0.933. The molecule has 2 atom stereocenters. The van der Waals surface area contributed by atoms with Crippen molar-refractivity contribution < 1.29 is 9.47 Å². The Morgan fingerprint density at radius 1 is 1.10 bits per heavy atom. The van der Waals surface area contributed by atoms with E-state index in [9.17, 15) is 0 Å². The van der Waals surface area contributed by atoms with Crippen LogP contribution >= 0.6 is 24.0 Å². The molecule has 0 bridgehead atoms. The van der Waals surface area contributed by atoms with Crippen molar-refractivity contribution in [1.82, 2.24) is 15.5 Å². The largest absolute Gasteiger partial charge is 0.385 e. The first-order valence-electron chi connectivity index (χ1n) is 11.4. The molecule has 2 N–H and O–H groups in total. The van der Waals surface area contributed by atoms with Crippen LogP contribution < -0.4 is 10.6 Å². The van der Waals surface area contributed by atoms with Crippen molar-refractivity contribution in [3.8, 4) is 0 Å². The van der Waals surface area contributed by atoms with Gasteiger partial charge >= 0.3 is 0 Å². The maximum atomic E-state index is 6.09. The standard InChI is InChI=1S/C22H44N4O2.HI/c1-6-8-16-28-20-17-19(22(20,3)4)25-21(23-7-2)24-18-10-13-26(14-11-18)12-9-15-27-5;/h18-20H,6-17H2,1-5H3,(H2,23,24,25);1H. The molecule has 0 aromatic heterocycles. The maximum absolute atomic E-state index is 6.09. The number of methoxy groups -OCH3 is 1. The van der Waals surface area contributed by atoms with E-state index in [-0.39, 0.29) is 29.4 Å². The molecule has 0 amide bonds. The Hall–Kier alpha value is -0.120. The van der Waals surface area contributed by atoms with Gasteiger partial charge in [0.2, 0.25) is 0 Å². The van der Waals surface area contributed by atoms with Crippen molar-refractivity contribution in [2.24, 2.45) is 10.4 Å². The summed E-state index contributed by atoms with van der Waals surface area (Å²) in [7, 11) is 1.78. The van der Waals surface area contributed by atoms with Gasteiger partial charge in [0.05, 0.1) is 6.10 Å². The molecule has 2 fully saturated rings. The quantitative estimate of drug-likeness (QED) is 0.187. The molecule has 172 valence electrons. The minimum Gasteiger partial charge on any atom is -0.385 e. The number of aliphatic imine (C=N–C) groups is 1. The lowest BCUT2D eigenvalue weighted by Gasteiger charge is -2.52. The monoisotopic (exact) mass is 524 g/mol. The van der Waals surface area contributed by atoms with Crippen LogP contribution in [0, 0.1) is 5.41 Å². The van der Waals surface area contributed by atoms with Gasteiger partial charge in [-0.05, 0) is 39.0 Å². The normalized spacial score (nSPS) is 25.2. The number of guanidine groups is 1. The molecule has 1 saturated heterocycles.